The van der Waals surface area contributed by atoms with Crippen molar-refractivity contribution in [3.8, 4) is 0 Å². The van der Waals surface area contributed by atoms with Gasteiger partial charge in [-0.05, 0) is 25.5 Å². The van der Waals surface area contributed by atoms with Gasteiger partial charge in [0.05, 0.1) is 16.9 Å². The molecule has 2 heterocycles. The smallest absolute Gasteiger partial charge is 0.228 e. The molecule has 0 amide bonds. The minimum Gasteiger partial charge on any atom is -0.339 e. The summed E-state index contributed by atoms with van der Waals surface area (Å²) < 4.78 is 7.29. The Morgan fingerprint density at radius 3 is 2.80 bits per heavy atom. The summed E-state index contributed by atoms with van der Waals surface area (Å²) in [4.78, 5) is 8.80. The maximum absolute atomic E-state index is 6.01. The summed E-state index contributed by atoms with van der Waals surface area (Å²) >= 11 is 6.01. The van der Waals surface area contributed by atoms with Crippen molar-refractivity contribution in [1.82, 2.24) is 19.7 Å². The molecule has 0 spiro atoms. The number of rotatable bonds is 4. The highest BCUT2D eigenvalue weighted by Crippen LogP contribution is 2.21. The van der Waals surface area contributed by atoms with Crippen LogP contribution in [0.3, 0.4) is 0 Å². The first-order valence-electron chi connectivity index (χ1n) is 6.49. The largest absolute Gasteiger partial charge is 0.339 e. The zero-order chi connectivity index (χ0) is 14.1. The van der Waals surface area contributed by atoms with E-state index in [0.29, 0.717) is 24.0 Å². The van der Waals surface area contributed by atoms with Gasteiger partial charge in [0.25, 0.3) is 0 Å². The lowest BCUT2D eigenvalue weighted by molar-refractivity contribution is 0.368. The summed E-state index contributed by atoms with van der Waals surface area (Å²) in [6, 6.07) is 6.09. The van der Waals surface area contributed by atoms with E-state index in [1.165, 1.54) is 5.56 Å². The van der Waals surface area contributed by atoms with Crippen molar-refractivity contribution >= 4 is 22.6 Å². The molecule has 0 unspecified atom stereocenters. The maximum atomic E-state index is 6.01. The van der Waals surface area contributed by atoms with E-state index in [9.17, 15) is 0 Å². The van der Waals surface area contributed by atoms with Gasteiger partial charge in [0.1, 0.15) is 5.82 Å². The van der Waals surface area contributed by atoms with Gasteiger partial charge in [0, 0.05) is 13.0 Å². The standard InChI is InChI=1S/C14H15ClN4O/c1-9-4-3-5-11-14(9)19(12(8-15)17-11)7-6-13-16-10(2)18-20-13/h3-5H,6-8H2,1-2H3. The van der Waals surface area contributed by atoms with Crippen molar-refractivity contribution in [3.05, 3.63) is 41.3 Å². The fourth-order valence-electron chi connectivity index (χ4n) is 2.41. The third-order valence-corrected chi connectivity index (χ3v) is 3.52. The normalized spacial score (nSPS) is 11.3. The lowest BCUT2D eigenvalue weighted by Gasteiger charge is -2.07. The van der Waals surface area contributed by atoms with Crippen LogP contribution in [0, 0.1) is 13.8 Å². The van der Waals surface area contributed by atoms with Crippen LogP contribution < -0.4 is 0 Å². The summed E-state index contributed by atoms with van der Waals surface area (Å²) in [7, 11) is 0. The lowest BCUT2D eigenvalue weighted by Crippen LogP contribution is -2.06. The molecule has 0 radical (unpaired) electrons. The van der Waals surface area contributed by atoms with Crippen LogP contribution in [0.1, 0.15) is 23.1 Å². The number of benzene rings is 1. The molecule has 104 valence electrons. The monoisotopic (exact) mass is 290 g/mol. The van der Waals surface area contributed by atoms with Crippen molar-refractivity contribution in [2.45, 2.75) is 32.7 Å². The molecule has 0 N–H and O–H groups in total. The SMILES string of the molecule is Cc1noc(CCn2c(CCl)nc3cccc(C)c32)n1. The number of hydrogen-bond donors (Lipinski definition) is 0. The van der Waals surface area contributed by atoms with Gasteiger partial charge < -0.3 is 9.09 Å². The topological polar surface area (TPSA) is 56.7 Å². The van der Waals surface area contributed by atoms with Gasteiger partial charge in [-0.2, -0.15) is 4.98 Å². The first kappa shape index (κ1) is 13.1. The Hall–Kier alpha value is -1.88. The molecule has 0 bridgehead atoms. The van der Waals surface area contributed by atoms with Gasteiger partial charge >= 0.3 is 0 Å². The molecule has 3 rings (SSSR count). The molecule has 6 heteroatoms. The van der Waals surface area contributed by atoms with Gasteiger partial charge in [-0.1, -0.05) is 17.3 Å². The molecule has 0 aliphatic rings. The summed E-state index contributed by atoms with van der Waals surface area (Å²) in [5, 5.41) is 3.80. The predicted molar refractivity (Wildman–Crippen MR) is 76.8 cm³/mol. The quantitative estimate of drug-likeness (QED) is 0.693. The zero-order valence-corrected chi connectivity index (χ0v) is 12.2. The van der Waals surface area contributed by atoms with E-state index in [4.69, 9.17) is 16.1 Å². The number of alkyl halides is 1. The van der Waals surface area contributed by atoms with E-state index in [1.807, 2.05) is 19.1 Å². The summed E-state index contributed by atoms with van der Waals surface area (Å²) in [5.41, 5.74) is 3.29. The first-order valence-corrected chi connectivity index (χ1v) is 7.02. The summed E-state index contributed by atoms with van der Waals surface area (Å²) in [6.07, 6.45) is 0.671. The Morgan fingerprint density at radius 2 is 2.10 bits per heavy atom. The average Bonchev–Trinajstić information content (AvgIpc) is 3.00. The van der Waals surface area contributed by atoms with Gasteiger partial charge in [-0.15, -0.1) is 11.6 Å². The molecule has 20 heavy (non-hydrogen) atoms. The van der Waals surface area contributed by atoms with Crippen LogP contribution in [0.5, 0.6) is 0 Å². The Labute approximate surface area is 121 Å². The predicted octanol–water partition coefficient (Wildman–Crippen LogP) is 3.02. The summed E-state index contributed by atoms with van der Waals surface area (Å²) in [5.74, 6) is 2.55. The van der Waals surface area contributed by atoms with E-state index in [0.717, 1.165) is 23.4 Å². The van der Waals surface area contributed by atoms with Crippen LogP contribution in [-0.4, -0.2) is 19.7 Å². The van der Waals surface area contributed by atoms with Crippen LogP contribution in [0.25, 0.3) is 11.0 Å². The van der Waals surface area contributed by atoms with Crippen molar-refractivity contribution in [3.63, 3.8) is 0 Å². The highest BCUT2D eigenvalue weighted by atomic mass is 35.5. The number of para-hydroxylation sites is 1. The molecule has 1 aromatic carbocycles. The van der Waals surface area contributed by atoms with Gasteiger partial charge in [-0.3, -0.25) is 0 Å². The number of nitrogens with zero attached hydrogens (tertiary/aromatic N) is 4. The molecule has 0 aliphatic carbocycles. The molecule has 0 fully saturated rings. The second-order valence-corrected chi connectivity index (χ2v) is 5.01. The number of fused-ring (bicyclic) bond motifs is 1. The van der Waals surface area contributed by atoms with Crippen molar-refractivity contribution < 1.29 is 4.52 Å². The van der Waals surface area contributed by atoms with E-state index in [-0.39, 0.29) is 0 Å². The highest BCUT2D eigenvalue weighted by Gasteiger charge is 2.13. The molecule has 3 aromatic rings. The molecular weight excluding hydrogens is 276 g/mol. The Balaban J connectivity index is 1.97. The molecule has 0 saturated carbocycles. The van der Waals surface area contributed by atoms with E-state index in [1.54, 1.807) is 0 Å². The van der Waals surface area contributed by atoms with Crippen LogP contribution >= 0.6 is 11.6 Å². The number of imidazole rings is 1. The van der Waals surface area contributed by atoms with Gasteiger partial charge in [-0.25, -0.2) is 4.98 Å². The second kappa shape index (κ2) is 5.25. The fraction of sp³-hybridized carbons (Fsp3) is 0.357. The van der Waals surface area contributed by atoms with Crippen LogP contribution in [0.15, 0.2) is 22.7 Å². The number of halogens is 1. The van der Waals surface area contributed by atoms with E-state index < -0.39 is 0 Å². The van der Waals surface area contributed by atoms with E-state index in [2.05, 4.69) is 32.7 Å². The third-order valence-electron chi connectivity index (χ3n) is 3.29. The molecule has 0 atom stereocenters. The Bertz CT molecular complexity index is 747. The molecule has 0 aliphatic heterocycles. The zero-order valence-electron chi connectivity index (χ0n) is 11.4. The lowest BCUT2D eigenvalue weighted by atomic mass is 10.2. The van der Waals surface area contributed by atoms with Crippen molar-refractivity contribution in [1.29, 1.82) is 0 Å². The number of aromatic nitrogens is 4. The molecule has 2 aromatic heterocycles. The summed E-state index contributed by atoms with van der Waals surface area (Å²) in [6.45, 7) is 4.62. The fourth-order valence-corrected chi connectivity index (χ4v) is 2.61. The van der Waals surface area contributed by atoms with E-state index >= 15 is 0 Å². The molecular formula is C14H15ClN4O. The molecule has 0 saturated heterocycles. The average molecular weight is 291 g/mol. The van der Waals surface area contributed by atoms with Gasteiger partial charge in [0.2, 0.25) is 5.89 Å². The first-order chi connectivity index (χ1) is 9.69. The minimum absolute atomic E-state index is 0.386. The second-order valence-electron chi connectivity index (χ2n) is 4.74. The van der Waals surface area contributed by atoms with Crippen LogP contribution in [0.4, 0.5) is 0 Å². The van der Waals surface area contributed by atoms with Gasteiger partial charge in [0.15, 0.2) is 5.82 Å². The molecule has 5 nitrogen and oxygen atoms in total. The number of aryl methyl sites for hydroxylation is 4. The highest BCUT2D eigenvalue weighted by molar-refractivity contribution is 6.16. The third kappa shape index (κ3) is 2.29. The van der Waals surface area contributed by atoms with Crippen LogP contribution in [0.2, 0.25) is 0 Å². The maximum Gasteiger partial charge on any atom is 0.228 e. The Morgan fingerprint density at radius 1 is 1.25 bits per heavy atom. The van der Waals surface area contributed by atoms with Crippen molar-refractivity contribution in [2.24, 2.45) is 0 Å². The number of hydrogen-bond acceptors (Lipinski definition) is 4. The Kier molecular flexibility index (Phi) is 3.44. The minimum atomic E-state index is 0.386. The van der Waals surface area contributed by atoms with Crippen LogP contribution in [-0.2, 0) is 18.8 Å². The van der Waals surface area contributed by atoms with Crippen molar-refractivity contribution in [2.75, 3.05) is 0 Å².